The highest BCUT2D eigenvalue weighted by Gasteiger charge is 2.05. The number of halogens is 1. The van der Waals surface area contributed by atoms with Crippen LogP contribution in [0.15, 0.2) is 42.8 Å². The van der Waals surface area contributed by atoms with Crippen LogP contribution in [0.4, 0.5) is 0 Å². The van der Waals surface area contributed by atoms with Gasteiger partial charge in [0.2, 0.25) is 0 Å². The van der Waals surface area contributed by atoms with E-state index in [1.165, 1.54) is 5.57 Å². The average molecular weight is 247 g/mol. The fourth-order valence-corrected chi connectivity index (χ4v) is 1.98. The Kier molecular flexibility index (Phi) is 3.64. The molecule has 0 fully saturated rings. The van der Waals surface area contributed by atoms with E-state index in [2.05, 4.69) is 24.1 Å². The monoisotopic (exact) mass is 246 g/mol. The van der Waals surface area contributed by atoms with Crippen molar-refractivity contribution in [3.05, 3.63) is 53.5 Å². The summed E-state index contributed by atoms with van der Waals surface area (Å²) in [7, 11) is 0. The van der Waals surface area contributed by atoms with Gasteiger partial charge < -0.3 is 0 Å². The summed E-state index contributed by atoms with van der Waals surface area (Å²) in [5.74, 6) is 0. The van der Waals surface area contributed by atoms with Crippen LogP contribution < -0.4 is 0 Å². The first-order valence-electron chi connectivity index (χ1n) is 5.72. The van der Waals surface area contributed by atoms with E-state index in [4.69, 9.17) is 11.6 Å². The highest BCUT2D eigenvalue weighted by Crippen LogP contribution is 2.20. The molecule has 0 aliphatic heterocycles. The van der Waals surface area contributed by atoms with Crippen molar-refractivity contribution in [2.75, 3.05) is 0 Å². The largest absolute Gasteiger partial charge is 0.300 e. The Bertz CT molecular complexity index is 579. The fraction of sp³-hybridized carbons (Fsp3) is 0.214. The summed E-state index contributed by atoms with van der Waals surface area (Å²) < 4.78 is 2.05. The molecule has 2 aromatic rings. The van der Waals surface area contributed by atoms with Crippen LogP contribution in [0.3, 0.4) is 0 Å². The van der Waals surface area contributed by atoms with Crippen LogP contribution >= 0.6 is 11.6 Å². The van der Waals surface area contributed by atoms with Gasteiger partial charge in [-0.05, 0) is 25.0 Å². The number of allylic oxidation sites excluding steroid dienone is 4. The molecule has 0 radical (unpaired) electrons. The Hall–Kier alpha value is -1.54. The molecule has 0 saturated heterocycles. The molecule has 0 aliphatic rings. The Morgan fingerprint density at radius 2 is 2.35 bits per heavy atom. The zero-order chi connectivity index (χ0) is 12.3. The minimum Gasteiger partial charge on any atom is -0.300 e. The number of rotatable bonds is 3. The molecule has 0 N–H and O–H groups in total. The van der Waals surface area contributed by atoms with Crippen LogP contribution in [0.2, 0.25) is 5.02 Å². The maximum Gasteiger partial charge on any atom is 0.138 e. The summed E-state index contributed by atoms with van der Waals surface area (Å²) in [4.78, 5) is 4.37. The molecule has 0 saturated carbocycles. The van der Waals surface area contributed by atoms with Gasteiger partial charge in [-0.2, -0.15) is 0 Å². The first kappa shape index (κ1) is 11.9. The molecule has 2 aromatic heterocycles. The highest BCUT2D eigenvalue weighted by atomic mass is 35.5. The Morgan fingerprint density at radius 3 is 3.06 bits per heavy atom. The van der Waals surface area contributed by atoms with Crippen LogP contribution in [0.25, 0.3) is 11.2 Å². The lowest BCUT2D eigenvalue weighted by atomic mass is 10.1. The van der Waals surface area contributed by atoms with Crippen molar-refractivity contribution >= 4 is 22.8 Å². The first-order valence-corrected chi connectivity index (χ1v) is 6.10. The van der Waals surface area contributed by atoms with Gasteiger partial charge in [0, 0.05) is 17.3 Å². The Labute approximate surface area is 106 Å². The van der Waals surface area contributed by atoms with E-state index in [0.29, 0.717) is 5.02 Å². The first-order chi connectivity index (χ1) is 8.26. The van der Waals surface area contributed by atoms with Crippen molar-refractivity contribution in [3.8, 4) is 0 Å². The second kappa shape index (κ2) is 5.19. The number of fused-ring (bicyclic) bond motifs is 1. The minimum absolute atomic E-state index is 0.710. The quantitative estimate of drug-likeness (QED) is 0.736. The van der Waals surface area contributed by atoms with Crippen molar-refractivity contribution in [3.63, 3.8) is 0 Å². The van der Waals surface area contributed by atoms with E-state index >= 15 is 0 Å². The molecule has 17 heavy (non-hydrogen) atoms. The number of imidazole rings is 1. The molecule has 3 heteroatoms. The third-order valence-corrected chi connectivity index (χ3v) is 2.78. The summed E-state index contributed by atoms with van der Waals surface area (Å²) in [6, 6.07) is 3.74. The third-order valence-electron chi connectivity index (χ3n) is 2.54. The molecule has 0 unspecified atom stereocenters. The number of aromatic nitrogens is 2. The van der Waals surface area contributed by atoms with E-state index in [1.807, 2.05) is 41.9 Å². The lowest BCUT2D eigenvalue weighted by molar-refractivity contribution is 1.15. The summed E-state index contributed by atoms with van der Waals surface area (Å²) >= 11 is 5.95. The molecule has 0 bridgehead atoms. The van der Waals surface area contributed by atoms with Gasteiger partial charge in [0.15, 0.2) is 0 Å². The Morgan fingerprint density at radius 1 is 1.53 bits per heavy atom. The van der Waals surface area contributed by atoms with Crippen molar-refractivity contribution in [1.82, 2.24) is 9.38 Å². The maximum atomic E-state index is 5.95. The summed E-state index contributed by atoms with van der Waals surface area (Å²) in [5.41, 5.74) is 3.15. The normalized spacial score (nSPS) is 12.8. The van der Waals surface area contributed by atoms with Gasteiger partial charge in [0.1, 0.15) is 5.65 Å². The minimum atomic E-state index is 0.710. The fourth-order valence-electron chi connectivity index (χ4n) is 1.83. The van der Waals surface area contributed by atoms with Crippen molar-refractivity contribution < 1.29 is 0 Å². The standard InChI is InChI=1S/C14H15ClN2/c1-3-5-11(6-4-2)13-10-16-14-9-12(15)7-8-17(13)14/h3,5-10H,4H2,1-2H3/b5-3-,11-6+. The summed E-state index contributed by atoms with van der Waals surface area (Å²) in [6.45, 7) is 4.15. The molecule has 0 spiro atoms. The second-order valence-corrected chi connectivity index (χ2v) is 4.22. The van der Waals surface area contributed by atoms with Crippen LogP contribution in [-0.2, 0) is 0 Å². The lowest BCUT2D eigenvalue weighted by Gasteiger charge is -2.03. The Balaban J connectivity index is 2.58. The van der Waals surface area contributed by atoms with E-state index in [0.717, 1.165) is 17.8 Å². The molecular weight excluding hydrogens is 232 g/mol. The van der Waals surface area contributed by atoms with E-state index < -0.39 is 0 Å². The molecular formula is C14H15ClN2. The van der Waals surface area contributed by atoms with Gasteiger partial charge in [0.05, 0.1) is 11.9 Å². The van der Waals surface area contributed by atoms with Crippen LogP contribution in [0.5, 0.6) is 0 Å². The number of hydrogen-bond donors (Lipinski definition) is 0. The SMILES string of the molecule is C/C=C\C(=C/CC)c1cnc2cc(Cl)ccn12. The maximum absolute atomic E-state index is 5.95. The summed E-state index contributed by atoms with van der Waals surface area (Å²) in [5, 5.41) is 0.710. The van der Waals surface area contributed by atoms with Gasteiger partial charge in [-0.25, -0.2) is 4.98 Å². The van der Waals surface area contributed by atoms with Crippen LogP contribution in [-0.4, -0.2) is 9.38 Å². The van der Waals surface area contributed by atoms with Crippen molar-refractivity contribution in [1.29, 1.82) is 0 Å². The van der Waals surface area contributed by atoms with Gasteiger partial charge in [-0.1, -0.05) is 36.8 Å². The van der Waals surface area contributed by atoms with Crippen LogP contribution in [0, 0.1) is 0 Å². The summed E-state index contributed by atoms with van der Waals surface area (Å²) in [6.07, 6.45) is 11.2. The van der Waals surface area contributed by atoms with Gasteiger partial charge in [-0.15, -0.1) is 0 Å². The molecule has 0 aliphatic carbocycles. The molecule has 88 valence electrons. The topological polar surface area (TPSA) is 17.3 Å². The highest BCUT2D eigenvalue weighted by molar-refractivity contribution is 6.30. The molecule has 2 rings (SSSR count). The number of hydrogen-bond acceptors (Lipinski definition) is 1. The number of nitrogens with zero attached hydrogens (tertiary/aromatic N) is 2. The average Bonchev–Trinajstić information content (AvgIpc) is 2.71. The van der Waals surface area contributed by atoms with Crippen molar-refractivity contribution in [2.45, 2.75) is 20.3 Å². The molecule has 2 nitrogen and oxygen atoms in total. The molecule has 2 heterocycles. The van der Waals surface area contributed by atoms with Gasteiger partial charge >= 0.3 is 0 Å². The van der Waals surface area contributed by atoms with Gasteiger partial charge in [0.25, 0.3) is 0 Å². The predicted octanol–water partition coefficient (Wildman–Crippen LogP) is 4.36. The zero-order valence-electron chi connectivity index (χ0n) is 10.0. The smallest absolute Gasteiger partial charge is 0.138 e. The van der Waals surface area contributed by atoms with E-state index in [9.17, 15) is 0 Å². The molecule has 0 amide bonds. The van der Waals surface area contributed by atoms with E-state index in [1.54, 1.807) is 0 Å². The van der Waals surface area contributed by atoms with Gasteiger partial charge in [-0.3, -0.25) is 4.40 Å². The lowest BCUT2D eigenvalue weighted by Crippen LogP contribution is -1.90. The number of pyridine rings is 1. The van der Waals surface area contributed by atoms with E-state index in [-0.39, 0.29) is 0 Å². The predicted molar refractivity (Wildman–Crippen MR) is 73.3 cm³/mol. The third kappa shape index (κ3) is 2.42. The second-order valence-electron chi connectivity index (χ2n) is 3.78. The van der Waals surface area contributed by atoms with Crippen molar-refractivity contribution in [2.24, 2.45) is 0 Å². The molecule has 0 atom stereocenters. The zero-order valence-corrected chi connectivity index (χ0v) is 10.8. The molecule has 0 aromatic carbocycles. The van der Waals surface area contributed by atoms with Crippen LogP contribution in [0.1, 0.15) is 26.0 Å².